The molecule has 0 aromatic rings. The van der Waals surface area contributed by atoms with E-state index in [1.165, 1.54) is 64.2 Å². The van der Waals surface area contributed by atoms with Crippen molar-refractivity contribution in [2.24, 2.45) is 5.41 Å². The zero-order valence-corrected chi connectivity index (χ0v) is 19.5. The summed E-state index contributed by atoms with van der Waals surface area (Å²) in [5.41, 5.74) is -0.559. The molecule has 0 saturated heterocycles. The summed E-state index contributed by atoms with van der Waals surface area (Å²) < 4.78 is 0. The van der Waals surface area contributed by atoms with Crippen LogP contribution in [0.1, 0.15) is 78.1 Å². The average molecular weight is 433 g/mol. The molecule has 1 atom stereocenters. The highest BCUT2D eigenvalue weighted by molar-refractivity contribution is 7.98. The van der Waals surface area contributed by atoms with Gasteiger partial charge in [0, 0.05) is 23.6 Å². The highest BCUT2D eigenvalue weighted by Gasteiger charge is 2.30. The summed E-state index contributed by atoms with van der Waals surface area (Å²) in [7, 11) is 0. The van der Waals surface area contributed by atoms with Crippen molar-refractivity contribution in [3.05, 3.63) is 0 Å². The second kappa shape index (κ2) is 13.8. The molecule has 2 fully saturated rings. The van der Waals surface area contributed by atoms with E-state index in [2.05, 4.69) is 23.3 Å². The van der Waals surface area contributed by atoms with Crippen LogP contribution in [-0.4, -0.2) is 52.9 Å². The van der Waals surface area contributed by atoms with Gasteiger partial charge in [-0.3, -0.25) is 4.79 Å². The maximum atomic E-state index is 11.7. The van der Waals surface area contributed by atoms with E-state index in [4.69, 9.17) is 5.11 Å². The minimum Gasteiger partial charge on any atom is -0.480 e. The van der Waals surface area contributed by atoms with Gasteiger partial charge in [-0.1, -0.05) is 52.4 Å². The smallest absolute Gasteiger partial charge is 0.327 e. The Balaban J connectivity index is 0.000000281. The number of thioether (sulfide) groups is 1. The van der Waals surface area contributed by atoms with Crippen molar-refractivity contribution in [3.8, 4) is 0 Å². The quantitative estimate of drug-likeness (QED) is 0.434. The first-order valence-corrected chi connectivity index (χ1v) is 12.7. The zero-order chi connectivity index (χ0) is 21.0. The van der Waals surface area contributed by atoms with E-state index in [1.807, 2.05) is 6.26 Å². The van der Waals surface area contributed by atoms with Crippen molar-refractivity contribution in [2.45, 2.75) is 96.2 Å². The molecule has 0 spiro atoms. The van der Waals surface area contributed by atoms with Gasteiger partial charge in [-0.05, 0) is 31.9 Å². The predicted molar refractivity (Wildman–Crippen MR) is 122 cm³/mol. The highest BCUT2D eigenvalue weighted by atomic mass is 32.2. The van der Waals surface area contributed by atoms with Gasteiger partial charge in [-0.15, -0.1) is 0 Å². The molecule has 2 rings (SSSR count). The lowest BCUT2D eigenvalue weighted by Gasteiger charge is -2.30. The molecule has 0 aromatic heterocycles. The number of hydrogen-bond acceptors (Lipinski definition) is 5. The van der Waals surface area contributed by atoms with Crippen molar-refractivity contribution >= 4 is 36.3 Å². The minimum absolute atomic E-state index is 0.0937. The largest absolute Gasteiger partial charge is 0.480 e. The lowest BCUT2D eigenvalue weighted by Crippen LogP contribution is -2.48. The first kappa shape index (κ1) is 25.6. The fourth-order valence-electron chi connectivity index (χ4n) is 3.84. The summed E-state index contributed by atoms with van der Waals surface area (Å²) in [5, 5.41) is 15.1. The molecule has 0 aliphatic heterocycles. The lowest BCUT2D eigenvalue weighted by molar-refractivity contribution is -0.142. The number of carboxylic acid groups (broad SMARTS) is 1. The maximum absolute atomic E-state index is 11.7. The number of hydrogen-bond donors (Lipinski definition) is 4. The van der Waals surface area contributed by atoms with E-state index in [1.54, 1.807) is 25.6 Å². The van der Waals surface area contributed by atoms with Crippen LogP contribution in [0.4, 0.5) is 0 Å². The number of thiol groups is 1. The van der Waals surface area contributed by atoms with Gasteiger partial charge in [-0.25, -0.2) is 4.79 Å². The lowest BCUT2D eigenvalue weighted by atomic mass is 9.91. The Morgan fingerprint density at radius 2 is 1.50 bits per heavy atom. The highest BCUT2D eigenvalue weighted by Crippen LogP contribution is 2.23. The fraction of sp³-hybridized carbons (Fsp3) is 0.905. The standard InChI is InChI=1S/C12H23N.C9H17NO3S2/c1-3-7-11(8-4-1)13-12-9-5-2-6-10-12;1-9(2,5-15-3)8(13)10-6(4-14)7(11)12/h11-13H,1-10H2;6,14H,4-5H2,1-3H3,(H,10,13)(H,11,12)/t;6-/m.0/s1. The number of nitrogens with one attached hydrogen (secondary N) is 2. The number of aliphatic carboxylic acids is 1. The van der Waals surface area contributed by atoms with E-state index in [0.717, 1.165) is 12.1 Å². The Morgan fingerprint density at radius 3 is 1.86 bits per heavy atom. The van der Waals surface area contributed by atoms with Crippen molar-refractivity contribution < 1.29 is 14.7 Å². The Kier molecular flexibility index (Phi) is 12.6. The van der Waals surface area contributed by atoms with Crippen molar-refractivity contribution in [2.75, 3.05) is 17.8 Å². The van der Waals surface area contributed by atoms with Gasteiger partial charge in [0.15, 0.2) is 0 Å². The molecule has 1 amide bonds. The van der Waals surface area contributed by atoms with Crippen LogP contribution in [-0.2, 0) is 9.59 Å². The molecular formula is C21H40N2O3S2. The van der Waals surface area contributed by atoms with Gasteiger partial charge in [-0.2, -0.15) is 24.4 Å². The third kappa shape index (κ3) is 9.88. The molecule has 3 N–H and O–H groups in total. The Hall–Kier alpha value is -0.400. The second-order valence-electron chi connectivity index (χ2n) is 8.70. The number of carbonyl (C=O) groups excluding carboxylic acids is 1. The summed E-state index contributed by atoms with van der Waals surface area (Å²) in [5.74, 6) is -0.564. The molecule has 164 valence electrons. The van der Waals surface area contributed by atoms with E-state index in [-0.39, 0.29) is 11.7 Å². The van der Waals surface area contributed by atoms with Crippen molar-refractivity contribution in [1.29, 1.82) is 0 Å². The Labute approximate surface area is 181 Å². The first-order valence-electron chi connectivity index (χ1n) is 10.7. The van der Waals surface area contributed by atoms with Gasteiger partial charge in [0.25, 0.3) is 0 Å². The number of rotatable bonds is 8. The van der Waals surface area contributed by atoms with Crippen molar-refractivity contribution in [1.82, 2.24) is 10.6 Å². The van der Waals surface area contributed by atoms with Crippen LogP contribution < -0.4 is 10.6 Å². The SMILES string of the molecule is C1CCC(NC2CCCCC2)CC1.CSCC(C)(C)C(=O)N[C@@H](CS)C(=O)O. The number of carboxylic acids is 1. The molecule has 7 heteroatoms. The number of carbonyl (C=O) groups is 2. The van der Waals surface area contributed by atoms with Gasteiger partial charge in [0.05, 0.1) is 5.41 Å². The monoisotopic (exact) mass is 432 g/mol. The predicted octanol–water partition coefficient (Wildman–Crippen LogP) is 4.12. The Morgan fingerprint density at radius 1 is 1.04 bits per heavy atom. The summed E-state index contributed by atoms with van der Waals surface area (Å²) in [6.07, 6.45) is 16.5. The molecule has 5 nitrogen and oxygen atoms in total. The van der Waals surface area contributed by atoms with Crippen LogP contribution in [0.2, 0.25) is 0 Å². The molecule has 0 aromatic carbocycles. The maximum Gasteiger partial charge on any atom is 0.327 e. The third-order valence-corrected chi connectivity index (χ3v) is 6.96. The molecule has 2 aliphatic carbocycles. The van der Waals surface area contributed by atoms with E-state index >= 15 is 0 Å². The van der Waals surface area contributed by atoms with E-state index in [9.17, 15) is 9.59 Å². The molecule has 28 heavy (non-hydrogen) atoms. The fourth-order valence-corrected chi connectivity index (χ4v) is 4.94. The van der Waals surface area contributed by atoms with Crippen molar-refractivity contribution in [3.63, 3.8) is 0 Å². The molecular weight excluding hydrogens is 392 g/mol. The first-order chi connectivity index (χ1) is 13.3. The van der Waals surface area contributed by atoms with Gasteiger partial charge in [0.1, 0.15) is 6.04 Å². The van der Waals surface area contributed by atoms with Gasteiger partial charge in [0.2, 0.25) is 5.91 Å². The number of amides is 1. The van der Waals surface area contributed by atoms with E-state index in [0.29, 0.717) is 5.75 Å². The molecule has 2 aliphatic rings. The summed E-state index contributed by atoms with van der Waals surface area (Å²) in [6, 6.07) is 0.829. The summed E-state index contributed by atoms with van der Waals surface area (Å²) >= 11 is 5.43. The van der Waals surface area contributed by atoms with Gasteiger partial charge >= 0.3 is 5.97 Å². The van der Waals surface area contributed by atoms with E-state index < -0.39 is 17.4 Å². The topological polar surface area (TPSA) is 78.4 Å². The van der Waals surface area contributed by atoms with Crippen LogP contribution in [0.5, 0.6) is 0 Å². The van der Waals surface area contributed by atoms with Gasteiger partial charge < -0.3 is 15.7 Å². The zero-order valence-electron chi connectivity index (χ0n) is 17.8. The molecule has 2 saturated carbocycles. The molecule has 0 bridgehead atoms. The Bertz CT molecular complexity index is 447. The molecule has 0 radical (unpaired) electrons. The summed E-state index contributed by atoms with van der Waals surface area (Å²) in [4.78, 5) is 22.4. The minimum atomic E-state index is -1.06. The average Bonchev–Trinajstić information content (AvgIpc) is 2.67. The van der Waals surface area contributed by atoms with Crippen LogP contribution in [0.3, 0.4) is 0 Å². The summed E-state index contributed by atoms with van der Waals surface area (Å²) in [6.45, 7) is 3.58. The van der Waals surface area contributed by atoms with Crippen LogP contribution in [0.15, 0.2) is 0 Å². The second-order valence-corrected chi connectivity index (χ2v) is 9.93. The van der Waals surface area contributed by atoms with Crippen LogP contribution in [0.25, 0.3) is 0 Å². The van der Waals surface area contributed by atoms with Crippen LogP contribution >= 0.6 is 24.4 Å². The molecule has 0 heterocycles. The van der Waals surface area contributed by atoms with Crippen LogP contribution in [0, 0.1) is 5.41 Å². The molecule has 0 unspecified atom stereocenters. The normalized spacial score (nSPS) is 20.0. The third-order valence-electron chi connectivity index (χ3n) is 5.59.